The fraction of sp³-hybridized carbons (Fsp3) is 0.273. The molecule has 0 atom stereocenters. The van der Waals surface area contributed by atoms with Crippen LogP contribution in [0.2, 0.25) is 0 Å². The zero-order valence-corrected chi connectivity index (χ0v) is 8.87. The van der Waals surface area contributed by atoms with Gasteiger partial charge in [0.15, 0.2) is 11.5 Å². The quantitative estimate of drug-likeness (QED) is 0.433. The Balaban J connectivity index is 2.83. The number of ketones is 1. The number of benzene rings is 1. The van der Waals surface area contributed by atoms with Crippen LogP contribution >= 0.6 is 0 Å². The maximum atomic E-state index is 11.0. The molecule has 0 bridgehead atoms. The van der Waals surface area contributed by atoms with Crippen LogP contribution in [-0.4, -0.2) is 11.8 Å². The molecule has 0 aliphatic carbocycles. The van der Waals surface area contributed by atoms with Crippen LogP contribution in [-0.2, 0) is 9.68 Å². The first-order valence-electron chi connectivity index (χ1n) is 4.47. The van der Waals surface area contributed by atoms with E-state index in [4.69, 9.17) is 4.89 Å². The van der Waals surface area contributed by atoms with E-state index in [0.717, 1.165) is 5.56 Å². The fourth-order valence-electron chi connectivity index (χ4n) is 1.07. The van der Waals surface area contributed by atoms with Crippen LogP contribution in [0.3, 0.4) is 0 Å². The van der Waals surface area contributed by atoms with Crippen molar-refractivity contribution in [2.45, 2.75) is 20.8 Å². The minimum Gasteiger partial charge on any atom is -0.295 e. The van der Waals surface area contributed by atoms with Gasteiger partial charge in [-0.25, -0.2) is 4.79 Å². The molecule has 80 valence electrons. The fourth-order valence-corrected chi connectivity index (χ4v) is 1.07. The van der Waals surface area contributed by atoms with Gasteiger partial charge in [0.25, 0.3) is 0 Å². The van der Waals surface area contributed by atoms with Crippen molar-refractivity contribution in [3.8, 4) is 5.75 Å². The Bertz CT molecular complexity index is 396. The molecule has 4 nitrogen and oxygen atoms in total. The average molecular weight is 208 g/mol. The Hall–Kier alpha value is -1.84. The zero-order valence-electron chi connectivity index (χ0n) is 8.87. The van der Waals surface area contributed by atoms with Crippen molar-refractivity contribution in [2.75, 3.05) is 0 Å². The van der Waals surface area contributed by atoms with Gasteiger partial charge in [0, 0.05) is 12.5 Å². The molecule has 0 spiro atoms. The first-order chi connectivity index (χ1) is 7.00. The number of carbonyl (C=O) groups excluding carboxylic acids is 2. The van der Waals surface area contributed by atoms with Crippen LogP contribution in [0.25, 0.3) is 0 Å². The Kier molecular flexibility index (Phi) is 3.44. The summed E-state index contributed by atoms with van der Waals surface area (Å²) in [6.45, 7) is 4.51. The second kappa shape index (κ2) is 4.59. The number of rotatable bonds is 3. The summed E-state index contributed by atoms with van der Waals surface area (Å²) in [5.41, 5.74) is 1.34. The third-order valence-corrected chi connectivity index (χ3v) is 1.83. The Morgan fingerprint density at radius 1 is 1.20 bits per heavy atom. The lowest BCUT2D eigenvalue weighted by Crippen LogP contribution is -2.04. The van der Waals surface area contributed by atoms with E-state index in [9.17, 15) is 9.59 Å². The smallest absolute Gasteiger partial charge is 0.295 e. The minimum absolute atomic E-state index is 0.0165. The topological polar surface area (TPSA) is 52.6 Å². The molecule has 0 heterocycles. The largest absolute Gasteiger partial charge is 0.352 e. The lowest BCUT2D eigenvalue weighted by Gasteiger charge is -2.06. The van der Waals surface area contributed by atoms with Gasteiger partial charge in [-0.2, -0.15) is 0 Å². The molecule has 15 heavy (non-hydrogen) atoms. The molecule has 0 N–H and O–H groups in total. The Morgan fingerprint density at radius 2 is 1.87 bits per heavy atom. The highest BCUT2D eigenvalue weighted by molar-refractivity contribution is 5.94. The van der Waals surface area contributed by atoms with E-state index in [-0.39, 0.29) is 5.78 Å². The lowest BCUT2D eigenvalue weighted by molar-refractivity contribution is -0.211. The number of hydrogen-bond donors (Lipinski definition) is 0. The molecule has 1 aromatic carbocycles. The summed E-state index contributed by atoms with van der Waals surface area (Å²) < 4.78 is 0. The monoisotopic (exact) mass is 208 g/mol. The average Bonchev–Trinajstić information content (AvgIpc) is 2.15. The molecule has 0 unspecified atom stereocenters. The van der Waals surface area contributed by atoms with Crippen molar-refractivity contribution in [3.05, 3.63) is 29.3 Å². The summed E-state index contributed by atoms with van der Waals surface area (Å²) in [6, 6.07) is 4.89. The summed E-state index contributed by atoms with van der Waals surface area (Å²) in [5, 5.41) is 0. The van der Waals surface area contributed by atoms with E-state index in [1.54, 1.807) is 25.1 Å². The maximum absolute atomic E-state index is 11.0. The van der Waals surface area contributed by atoms with Crippen LogP contribution in [0, 0.1) is 6.92 Å². The normalized spacial score (nSPS) is 9.53. The molecule has 0 fully saturated rings. The van der Waals surface area contributed by atoms with Crippen LogP contribution < -0.4 is 4.89 Å². The van der Waals surface area contributed by atoms with E-state index in [2.05, 4.69) is 4.89 Å². The summed E-state index contributed by atoms with van der Waals surface area (Å²) >= 11 is 0. The standard InChI is InChI=1S/C11H12O4/c1-7-6-10(8(2)12)4-5-11(7)15-14-9(3)13/h4-6H,1-3H3. The van der Waals surface area contributed by atoms with Crippen molar-refractivity contribution in [1.29, 1.82) is 0 Å². The lowest BCUT2D eigenvalue weighted by atomic mass is 10.1. The predicted octanol–water partition coefficient (Wildman–Crippen LogP) is 2.05. The number of aryl methyl sites for hydroxylation is 1. The first-order valence-corrected chi connectivity index (χ1v) is 4.47. The molecule has 0 aromatic heterocycles. The SMILES string of the molecule is CC(=O)OOc1ccc(C(C)=O)cc1C. The highest BCUT2D eigenvalue weighted by Crippen LogP contribution is 2.19. The molecule has 0 aliphatic heterocycles. The van der Waals surface area contributed by atoms with Crippen LogP contribution in [0.4, 0.5) is 0 Å². The highest BCUT2D eigenvalue weighted by atomic mass is 17.2. The second-order valence-corrected chi connectivity index (χ2v) is 3.19. The van der Waals surface area contributed by atoms with Crippen LogP contribution in [0.1, 0.15) is 29.8 Å². The molecule has 0 amide bonds. The van der Waals surface area contributed by atoms with Gasteiger partial charge in [-0.1, -0.05) is 0 Å². The van der Waals surface area contributed by atoms with E-state index in [1.807, 2.05) is 0 Å². The molecular weight excluding hydrogens is 196 g/mol. The molecule has 1 aromatic rings. The van der Waals surface area contributed by atoms with E-state index >= 15 is 0 Å². The van der Waals surface area contributed by atoms with Crippen molar-refractivity contribution >= 4 is 11.8 Å². The third-order valence-electron chi connectivity index (χ3n) is 1.83. The zero-order chi connectivity index (χ0) is 11.4. The van der Waals surface area contributed by atoms with Gasteiger partial charge in [0.1, 0.15) is 0 Å². The van der Waals surface area contributed by atoms with Gasteiger partial charge in [-0.15, -0.1) is 0 Å². The molecule has 0 saturated heterocycles. The summed E-state index contributed by atoms with van der Waals surface area (Å²) in [6.07, 6.45) is 0. The summed E-state index contributed by atoms with van der Waals surface area (Å²) in [7, 11) is 0. The van der Waals surface area contributed by atoms with Gasteiger partial charge in [0.05, 0.1) is 0 Å². The van der Waals surface area contributed by atoms with E-state index in [1.165, 1.54) is 13.8 Å². The van der Waals surface area contributed by atoms with Crippen molar-refractivity contribution in [1.82, 2.24) is 0 Å². The van der Waals surface area contributed by atoms with E-state index < -0.39 is 5.97 Å². The van der Waals surface area contributed by atoms with Crippen molar-refractivity contribution in [2.24, 2.45) is 0 Å². The van der Waals surface area contributed by atoms with Gasteiger partial charge in [-0.3, -0.25) is 14.6 Å². The van der Waals surface area contributed by atoms with Crippen molar-refractivity contribution < 1.29 is 19.4 Å². The molecular formula is C11H12O4. The third kappa shape index (κ3) is 3.09. The number of carbonyl (C=O) groups is 2. The first kappa shape index (κ1) is 11.2. The van der Waals surface area contributed by atoms with Crippen molar-refractivity contribution in [3.63, 3.8) is 0 Å². The molecule has 1 rings (SSSR count). The van der Waals surface area contributed by atoms with Crippen LogP contribution in [0.5, 0.6) is 5.75 Å². The molecule has 0 radical (unpaired) electrons. The summed E-state index contributed by atoms with van der Waals surface area (Å²) in [4.78, 5) is 30.7. The minimum atomic E-state index is -0.523. The molecule has 4 heteroatoms. The Labute approximate surface area is 87.7 Å². The molecule has 0 aliphatic rings. The summed E-state index contributed by atoms with van der Waals surface area (Å²) in [5.74, 6) is -0.114. The Morgan fingerprint density at radius 3 is 2.33 bits per heavy atom. The van der Waals surface area contributed by atoms with Crippen LogP contribution in [0.15, 0.2) is 18.2 Å². The number of Topliss-reactive ketones (excluding diaryl/α,β-unsaturated/α-hetero) is 1. The number of hydrogen-bond acceptors (Lipinski definition) is 4. The van der Waals surface area contributed by atoms with Gasteiger partial charge in [-0.05, 0) is 37.6 Å². The van der Waals surface area contributed by atoms with Gasteiger partial charge in [0.2, 0.25) is 0 Å². The predicted molar refractivity (Wildman–Crippen MR) is 53.6 cm³/mol. The van der Waals surface area contributed by atoms with Gasteiger partial charge >= 0.3 is 5.97 Å². The second-order valence-electron chi connectivity index (χ2n) is 3.19. The van der Waals surface area contributed by atoms with Gasteiger partial charge < -0.3 is 0 Å². The maximum Gasteiger partial charge on any atom is 0.352 e. The molecule has 0 saturated carbocycles. The van der Waals surface area contributed by atoms with E-state index in [0.29, 0.717) is 11.3 Å². The highest BCUT2D eigenvalue weighted by Gasteiger charge is 2.06.